The lowest BCUT2D eigenvalue weighted by Crippen LogP contribution is -2.26. The predicted octanol–water partition coefficient (Wildman–Crippen LogP) is 1.91. The Hall–Kier alpha value is -1.55. The molecule has 1 rings (SSSR count). The third-order valence-electron chi connectivity index (χ3n) is 2.20. The molecule has 1 aromatic carbocycles. The van der Waals surface area contributed by atoms with Crippen LogP contribution in [0.4, 0.5) is 0 Å². The average molecular weight is 237 g/mol. The number of esters is 1. The van der Waals surface area contributed by atoms with Gasteiger partial charge in [0, 0.05) is 6.54 Å². The number of hydrogen-bond donors (Lipinski definition) is 0. The molecule has 17 heavy (non-hydrogen) atoms. The van der Waals surface area contributed by atoms with E-state index < -0.39 is 0 Å². The Morgan fingerprint density at radius 1 is 1.29 bits per heavy atom. The maximum atomic E-state index is 11.1. The van der Waals surface area contributed by atoms with Gasteiger partial charge < -0.3 is 9.47 Å². The fraction of sp³-hybridized carbons (Fsp3) is 0.462. The fourth-order valence-electron chi connectivity index (χ4n) is 1.28. The largest absolute Gasteiger partial charge is 0.478 e. The van der Waals surface area contributed by atoms with Crippen molar-refractivity contribution >= 4 is 5.97 Å². The van der Waals surface area contributed by atoms with Gasteiger partial charge in [0.05, 0.1) is 13.0 Å². The van der Waals surface area contributed by atoms with Crippen LogP contribution in [0.15, 0.2) is 30.3 Å². The first-order valence-corrected chi connectivity index (χ1v) is 5.74. The second-order valence-corrected chi connectivity index (χ2v) is 3.72. The van der Waals surface area contributed by atoms with Gasteiger partial charge in [-0.25, -0.2) is 0 Å². The summed E-state index contributed by atoms with van der Waals surface area (Å²) in [5.41, 5.74) is 0. The van der Waals surface area contributed by atoms with Crippen LogP contribution in [0.25, 0.3) is 0 Å². The molecule has 4 nitrogen and oxygen atoms in total. The van der Waals surface area contributed by atoms with Gasteiger partial charge in [-0.1, -0.05) is 18.2 Å². The first kappa shape index (κ1) is 13.5. The minimum Gasteiger partial charge on any atom is -0.478 e. The quantitative estimate of drug-likeness (QED) is 0.536. The molecule has 0 aromatic heterocycles. The Labute approximate surface area is 102 Å². The number of carbonyl (C=O) groups excluding carboxylic acids is 1. The van der Waals surface area contributed by atoms with Crippen molar-refractivity contribution in [1.29, 1.82) is 0 Å². The van der Waals surface area contributed by atoms with E-state index >= 15 is 0 Å². The molecule has 0 fully saturated rings. The van der Waals surface area contributed by atoms with Crippen molar-refractivity contribution in [1.82, 2.24) is 4.90 Å². The zero-order valence-electron chi connectivity index (χ0n) is 10.4. The Kier molecular flexibility index (Phi) is 6.10. The molecule has 0 aliphatic rings. The highest BCUT2D eigenvalue weighted by Crippen LogP contribution is 2.08. The van der Waals surface area contributed by atoms with E-state index in [-0.39, 0.29) is 5.97 Å². The zero-order valence-corrected chi connectivity index (χ0v) is 10.4. The van der Waals surface area contributed by atoms with E-state index in [0.29, 0.717) is 26.3 Å². The summed E-state index contributed by atoms with van der Waals surface area (Å²) in [6, 6.07) is 9.59. The zero-order chi connectivity index (χ0) is 12.5. The second kappa shape index (κ2) is 7.68. The molecule has 0 radical (unpaired) electrons. The van der Waals surface area contributed by atoms with Gasteiger partial charge in [-0.15, -0.1) is 0 Å². The van der Waals surface area contributed by atoms with Crippen molar-refractivity contribution < 1.29 is 14.3 Å². The highest BCUT2D eigenvalue weighted by atomic mass is 16.5. The van der Waals surface area contributed by atoms with Crippen LogP contribution in [0.5, 0.6) is 5.75 Å². The molecule has 0 aliphatic heterocycles. The minimum atomic E-state index is -0.168. The number of carbonyl (C=O) groups is 1. The van der Waals surface area contributed by atoms with Crippen LogP contribution >= 0.6 is 0 Å². The summed E-state index contributed by atoms with van der Waals surface area (Å²) in [4.78, 5) is 13.1. The standard InChI is InChI=1S/C13H19NO3/c1-3-16-13(15)9-10-14(2)11-17-12-7-5-4-6-8-12/h4-8H,3,9-11H2,1-2H3. The van der Waals surface area contributed by atoms with Gasteiger partial charge in [-0.3, -0.25) is 9.69 Å². The molecule has 0 atom stereocenters. The number of nitrogens with zero attached hydrogens (tertiary/aromatic N) is 1. The Morgan fingerprint density at radius 2 is 2.00 bits per heavy atom. The summed E-state index contributed by atoms with van der Waals surface area (Å²) in [5, 5.41) is 0. The topological polar surface area (TPSA) is 38.8 Å². The van der Waals surface area contributed by atoms with Crippen LogP contribution in [0.1, 0.15) is 13.3 Å². The summed E-state index contributed by atoms with van der Waals surface area (Å²) >= 11 is 0. The summed E-state index contributed by atoms with van der Waals surface area (Å²) in [6.07, 6.45) is 0.391. The fourth-order valence-corrected chi connectivity index (χ4v) is 1.28. The van der Waals surface area contributed by atoms with E-state index in [9.17, 15) is 4.79 Å². The molecule has 0 spiro atoms. The lowest BCUT2D eigenvalue weighted by atomic mass is 10.3. The lowest BCUT2D eigenvalue weighted by molar-refractivity contribution is -0.143. The van der Waals surface area contributed by atoms with Gasteiger partial charge in [-0.2, -0.15) is 0 Å². The van der Waals surface area contributed by atoms with E-state index in [1.165, 1.54) is 0 Å². The van der Waals surface area contributed by atoms with E-state index in [2.05, 4.69) is 0 Å². The normalized spacial score (nSPS) is 10.3. The van der Waals surface area contributed by atoms with Crippen LogP contribution in [-0.2, 0) is 9.53 Å². The second-order valence-electron chi connectivity index (χ2n) is 3.72. The molecule has 0 amide bonds. The van der Waals surface area contributed by atoms with E-state index in [0.717, 1.165) is 5.75 Å². The van der Waals surface area contributed by atoms with Crippen LogP contribution in [0.2, 0.25) is 0 Å². The van der Waals surface area contributed by atoms with E-state index in [1.807, 2.05) is 42.3 Å². The van der Waals surface area contributed by atoms with Crippen molar-refractivity contribution in [2.75, 3.05) is 26.9 Å². The Bertz CT molecular complexity index is 327. The highest BCUT2D eigenvalue weighted by Gasteiger charge is 2.05. The maximum Gasteiger partial charge on any atom is 0.307 e. The Balaban J connectivity index is 2.17. The minimum absolute atomic E-state index is 0.168. The third kappa shape index (κ3) is 5.92. The van der Waals surface area contributed by atoms with Crippen LogP contribution < -0.4 is 4.74 Å². The van der Waals surface area contributed by atoms with E-state index in [1.54, 1.807) is 6.92 Å². The first-order chi connectivity index (χ1) is 8.22. The highest BCUT2D eigenvalue weighted by molar-refractivity contribution is 5.69. The summed E-state index contributed by atoms with van der Waals surface area (Å²) in [6.45, 7) is 3.33. The molecule has 1 aromatic rings. The van der Waals surface area contributed by atoms with Crippen molar-refractivity contribution in [2.45, 2.75) is 13.3 Å². The summed E-state index contributed by atoms with van der Waals surface area (Å²) in [7, 11) is 1.90. The smallest absolute Gasteiger partial charge is 0.307 e. The number of para-hydroxylation sites is 1. The molecule has 0 saturated heterocycles. The predicted molar refractivity (Wildman–Crippen MR) is 65.8 cm³/mol. The van der Waals surface area contributed by atoms with Gasteiger partial charge in [0.15, 0.2) is 0 Å². The van der Waals surface area contributed by atoms with Gasteiger partial charge in [0.25, 0.3) is 0 Å². The Morgan fingerprint density at radius 3 is 2.65 bits per heavy atom. The molecule has 0 unspecified atom stereocenters. The van der Waals surface area contributed by atoms with Gasteiger partial charge in [-0.05, 0) is 26.1 Å². The van der Waals surface area contributed by atoms with E-state index in [4.69, 9.17) is 9.47 Å². The van der Waals surface area contributed by atoms with Crippen LogP contribution in [0, 0.1) is 0 Å². The van der Waals surface area contributed by atoms with Crippen molar-refractivity contribution in [2.24, 2.45) is 0 Å². The summed E-state index contributed by atoms with van der Waals surface area (Å²) < 4.78 is 10.4. The van der Waals surface area contributed by atoms with Crippen molar-refractivity contribution in [3.05, 3.63) is 30.3 Å². The number of rotatable bonds is 7. The molecule has 0 saturated carbocycles. The molecule has 0 aliphatic carbocycles. The lowest BCUT2D eigenvalue weighted by Gasteiger charge is -2.16. The van der Waals surface area contributed by atoms with Crippen LogP contribution in [0.3, 0.4) is 0 Å². The molecular weight excluding hydrogens is 218 g/mol. The number of benzene rings is 1. The van der Waals surface area contributed by atoms with Crippen molar-refractivity contribution in [3.8, 4) is 5.75 Å². The van der Waals surface area contributed by atoms with Gasteiger partial charge in [0.1, 0.15) is 12.5 Å². The average Bonchev–Trinajstić information content (AvgIpc) is 2.35. The first-order valence-electron chi connectivity index (χ1n) is 5.74. The molecule has 0 N–H and O–H groups in total. The van der Waals surface area contributed by atoms with Gasteiger partial charge >= 0.3 is 5.97 Å². The SMILES string of the molecule is CCOC(=O)CCN(C)COc1ccccc1. The monoisotopic (exact) mass is 237 g/mol. The van der Waals surface area contributed by atoms with Crippen molar-refractivity contribution in [3.63, 3.8) is 0 Å². The molecular formula is C13H19NO3. The molecule has 4 heteroatoms. The number of ether oxygens (including phenoxy) is 2. The van der Waals surface area contributed by atoms with Crippen LogP contribution in [-0.4, -0.2) is 37.8 Å². The van der Waals surface area contributed by atoms with Gasteiger partial charge in [0.2, 0.25) is 0 Å². The summed E-state index contributed by atoms with van der Waals surface area (Å²) in [5.74, 6) is 0.662. The number of hydrogen-bond acceptors (Lipinski definition) is 4. The maximum absolute atomic E-state index is 11.1. The third-order valence-corrected chi connectivity index (χ3v) is 2.20. The molecule has 0 heterocycles. The molecule has 0 bridgehead atoms. The molecule has 94 valence electrons.